The van der Waals surface area contributed by atoms with Crippen LogP contribution in [0.25, 0.3) is 0 Å². The van der Waals surface area contributed by atoms with Gasteiger partial charge in [-0.05, 0) is 6.92 Å². The van der Waals surface area contributed by atoms with Gasteiger partial charge in [-0.3, -0.25) is 10.2 Å². The van der Waals surface area contributed by atoms with Gasteiger partial charge >= 0.3 is 0 Å². The van der Waals surface area contributed by atoms with E-state index in [2.05, 4.69) is 10.4 Å². The second-order valence-electron chi connectivity index (χ2n) is 2.57. The number of carbonyl (C=O) groups excluding carboxylic acids is 1. The van der Waals surface area contributed by atoms with Crippen LogP contribution >= 0.6 is 0 Å². The molecule has 0 aromatic heterocycles. The summed E-state index contributed by atoms with van der Waals surface area (Å²) in [5, 5.41) is 0. The predicted molar refractivity (Wildman–Crippen MR) is 47.1 cm³/mol. The summed E-state index contributed by atoms with van der Waals surface area (Å²) >= 11 is 0. The summed E-state index contributed by atoms with van der Waals surface area (Å²) in [7, 11) is 3.31. The summed E-state index contributed by atoms with van der Waals surface area (Å²) in [5.41, 5.74) is 7.40. The molecule has 0 spiro atoms. The van der Waals surface area contributed by atoms with Crippen molar-refractivity contribution < 1.29 is 4.79 Å². The topological polar surface area (TPSA) is 96.7 Å². The van der Waals surface area contributed by atoms with Crippen LogP contribution < -0.4 is 17.0 Å². The standard InChI is InChI=1S/C6H15N5O/c1-4(5(12)11(2)3)9-6(7)10-8/h4H,8H2,1-3H3,(H3,7,9,10). The van der Waals surface area contributed by atoms with Crippen LogP contribution in [-0.2, 0) is 4.79 Å². The number of carbonyl (C=O) groups is 1. The number of nitrogens with zero attached hydrogens (tertiary/aromatic N) is 2. The van der Waals surface area contributed by atoms with Gasteiger partial charge in [0.1, 0.15) is 6.04 Å². The predicted octanol–water partition coefficient (Wildman–Crippen LogP) is -1.76. The number of hydrogen-bond acceptors (Lipinski definition) is 3. The molecule has 0 rings (SSSR count). The molecule has 0 aromatic rings. The number of amides is 1. The third-order valence-corrected chi connectivity index (χ3v) is 1.28. The highest BCUT2D eigenvalue weighted by Crippen LogP contribution is 1.93. The molecule has 1 amide bonds. The van der Waals surface area contributed by atoms with Crippen molar-refractivity contribution in [2.45, 2.75) is 13.0 Å². The Balaban J connectivity index is 4.21. The molecule has 0 aliphatic heterocycles. The summed E-state index contributed by atoms with van der Waals surface area (Å²) in [6.07, 6.45) is 0. The van der Waals surface area contributed by atoms with Crippen LogP contribution in [0.4, 0.5) is 0 Å². The molecular weight excluding hydrogens is 158 g/mol. The van der Waals surface area contributed by atoms with Gasteiger partial charge in [0.05, 0.1) is 0 Å². The van der Waals surface area contributed by atoms with Gasteiger partial charge < -0.3 is 10.6 Å². The molecule has 0 fully saturated rings. The van der Waals surface area contributed by atoms with Crippen molar-refractivity contribution in [2.75, 3.05) is 14.1 Å². The van der Waals surface area contributed by atoms with Gasteiger partial charge in [-0.2, -0.15) is 0 Å². The second-order valence-corrected chi connectivity index (χ2v) is 2.57. The van der Waals surface area contributed by atoms with Crippen molar-refractivity contribution in [3.63, 3.8) is 0 Å². The van der Waals surface area contributed by atoms with Gasteiger partial charge in [-0.15, -0.1) is 0 Å². The lowest BCUT2D eigenvalue weighted by Gasteiger charge is -2.13. The first-order chi connectivity index (χ1) is 5.49. The Morgan fingerprint density at radius 3 is 2.42 bits per heavy atom. The number of nitrogens with one attached hydrogen (secondary N) is 1. The molecule has 0 aliphatic carbocycles. The molecule has 0 radical (unpaired) electrons. The molecule has 12 heavy (non-hydrogen) atoms. The van der Waals surface area contributed by atoms with E-state index in [4.69, 9.17) is 11.6 Å². The molecule has 0 saturated heterocycles. The quantitative estimate of drug-likeness (QED) is 0.199. The molecule has 0 heterocycles. The maximum Gasteiger partial charge on any atom is 0.246 e. The van der Waals surface area contributed by atoms with Crippen molar-refractivity contribution in [3.05, 3.63) is 0 Å². The summed E-state index contributed by atoms with van der Waals surface area (Å²) in [6, 6.07) is -0.504. The molecule has 0 saturated carbocycles. The Kier molecular flexibility index (Phi) is 4.06. The van der Waals surface area contributed by atoms with Crippen LogP contribution in [0.3, 0.4) is 0 Å². The van der Waals surface area contributed by atoms with Crippen LogP contribution in [0.1, 0.15) is 6.92 Å². The molecule has 1 atom stereocenters. The fraction of sp³-hybridized carbons (Fsp3) is 0.667. The van der Waals surface area contributed by atoms with Gasteiger partial charge in [-0.25, -0.2) is 10.8 Å². The first kappa shape index (κ1) is 10.7. The van der Waals surface area contributed by atoms with E-state index in [-0.39, 0.29) is 11.9 Å². The Bertz CT molecular complexity index is 188. The third-order valence-electron chi connectivity index (χ3n) is 1.28. The molecular formula is C6H15N5O. The lowest BCUT2D eigenvalue weighted by atomic mass is 10.3. The Morgan fingerprint density at radius 2 is 2.08 bits per heavy atom. The molecule has 5 N–H and O–H groups in total. The maximum atomic E-state index is 11.2. The summed E-state index contributed by atoms with van der Waals surface area (Å²) in [6.45, 7) is 1.65. The van der Waals surface area contributed by atoms with Gasteiger partial charge in [0.25, 0.3) is 0 Å². The number of hydrazine groups is 1. The van der Waals surface area contributed by atoms with Crippen LogP contribution in [0.15, 0.2) is 4.99 Å². The summed E-state index contributed by atoms with van der Waals surface area (Å²) < 4.78 is 0. The zero-order valence-corrected chi connectivity index (χ0v) is 7.53. The zero-order valence-electron chi connectivity index (χ0n) is 7.53. The lowest BCUT2D eigenvalue weighted by Crippen LogP contribution is -2.40. The Hall–Kier alpha value is -1.30. The van der Waals surface area contributed by atoms with Crippen molar-refractivity contribution in [1.29, 1.82) is 0 Å². The minimum Gasteiger partial charge on any atom is -0.369 e. The largest absolute Gasteiger partial charge is 0.369 e. The Labute approximate surface area is 71.6 Å². The van der Waals surface area contributed by atoms with E-state index in [0.717, 1.165) is 0 Å². The minimum absolute atomic E-state index is 0.0534. The number of hydrogen-bond donors (Lipinski definition) is 3. The van der Waals surface area contributed by atoms with Crippen molar-refractivity contribution in [2.24, 2.45) is 16.6 Å². The van der Waals surface area contributed by atoms with Crippen molar-refractivity contribution >= 4 is 11.9 Å². The van der Waals surface area contributed by atoms with E-state index in [9.17, 15) is 4.79 Å². The molecule has 0 aromatic carbocycles. The lowest BCUT2D eigenvalue weighted by molar-refractivity contribution is -0.129. The maximum absolute atomic E-state index is 11.2. The van der Waals surface area contributed by atoms with Gasteiger partial charge in [0, 0.05) is 14.1 Å². The molecule has 6 heteroatoms. The van der Waals surface area contributed by atoms with Crippen LogP contribution in [-0.4, -0.2) is 36.9 Å². The molecule has 0 bridgehead atoms. The fourth-order valence-corrected chi connectivity index (χ4v) is 0.675. The van der Waals surface area contributed by atoms with Crippen molar-refractivity contribution in [3.8, 4) is 0 Å². The number of nitrogens with two attached hydrogens (primary N) is 2. The van der Waals surface area contributed by atoms with E-state index < -0.39 is 6.04 Å². The second kappa shape index (κ2) is 4.55. The van der Waals surface area contributed by atoms with Crippen LogP contribution in [0.2, 0.25) is 0 Å². The fourth-order valence-electron chi connectivity index (χ4n) is 0.675. The highest BCUT2D eigenvalue weighted by Gasteiger charge is 2.13. The average molecular weight is 173 g/mol. The van der Waals surface area contributed by atoms with Gasteiger partial charge in [-0.1, -0.05) is 0 Å². The van der Waals surface area contributed by atoms with Crippen LogP contribution in [0, 0.1) is 0 Å². The highest BCUT2D eigenvalue weighted by atomic mass is 16.2. The average Bonchev–Trinajstić information content (AvgIpc) is 2.02. The monoisotopic (exact) mass is 173 g/mol. The molecule has 6 nitrogen and oxygen atoms in total. The smallest absolute Gasteiger partial charge is 0.246 e. The summed E-state index contributed by atoms with van der Waals surface area (Å²) in [5.74, 6) is 4.90. The van der Waals surface area contributed by atoms with Crippen LogP contribution in [0.5, 0.6) is 0 Å². The van der Waals surface area contributed by atoms with E-state index in [0.29, 0.717) is 0 Å². The van der Waals surface area contributed by atoms with E-state index in [1.807, 2.05) is 0 Å². The third kappa shape index (κ3) is 3.20. The van der Waals surface area contributed by atoms with Gasteiger partial charge in [0.2, 0.25) is 11.9 Å². The SMILES string of the molecule is CC(N=C(N)NN)C(=O)N(C)C. The molecule has 1 unspecified atom stereocenters. The normalized spacial score (nSPS) is 13.8. The number of guanidine groups is 1. The molecule has 0 aliphatic rings. The number of aliphatic imine (C=N–C) groups is 1. The highest BCUT2D eigenvalue weighted by molar-refractivity contribution is 5.85. The summed E-state index contributed by atoms with van der Waals surface area (Å²) in [4.78, 5) is 16.4. The van der Waals surface area contributed by atoms with E-state index in [1.54, 1.807) is 21.0 Å². The first-order valence-electron chi connectivity index (χ1n) is 3.50. The minimum atomic E-state index is -0.504. The van der Waals surface area contributed by atoms with E-state index >= 15 is 0 Å². The van der Waals surface area contributed by atoms with Gasteiger partial charge in [0.15, 0.2) is 0 Å². The van der Waals surface area contributed by atoms with Crippen molar-refractivity contribution in [1.82, 2.24) is 10.3 Å². The van der Waals surface area contributed by atoms with E-state index in [1.165, 1.54) is 4.90 Å². The Morgan fingerprint density at radius 1 is 1.58 bits per heavy atom. The first-order valence-corrected chi connectivity index (χ1v) is 3.50. The zero-order chi connectivity index (χ0) is 9.72. The number of likely N-dealkylation sites (N-methyl/N-ethyl adjacent to an activating group) is 1. The molecule has 70 valence electrons. The number of rotatable bonds is 2.